The first-order chi connectivity index (χ1) is 10.3. The lowest BCUT2D eigenvalue weighted by Gasteiger charge is -2.15. The average molecular weight is 348 g/mol. The smallest absolute Gasteiger partial charge is 0.256 e. The number of rotatable bonds is 7. The Kier molecular flexibility index (Phi) is 6.81. The summed E-state index contributed by atoms with van der Waals surface area (Å²) in [5, 5.41) is 18.4. The van der Waals surface area contributed by atoms with Gasteiger partial charge in [-0.3, -0.25) is 23.2 Å². The molecule has 122 valence electrons. The SMILES string of the molecule is CS(=O)c1ccc(S(=O)C(O)CC(C(N)=O)C(=O)NO)cc1. The Balaban J connectivity index is 2.85. The summed E-state index contributed by atoms with van der Waals surface area (Å²) in [7, 11) is -3.11. The van der Waals surface area contributed by atoms with Gasteiger partial charge in [-0.05, 0) is 24.3 Å². The Morgan fingerprint density at radius 3 is 2.14 bits per heavy atom. The van der Waals surface area contributed by atoms with Crippen LogP contribution in [0.4, 0.5) is 0 Å². The first-order valence-corrected chi connectivity index (χ1v) is 8.80. The number of amides is 2. The van der Waals surface area contributed by atoms with Crippen molar-refractivity contribution in [3.05, 3.63) is 24.3 Å². The third-order valence-corrected chi connectivity index (χ3v) is 5.20. The maximum atomic E-state index is 12.1. The first-order valence-electron chi connectivity index (χ1n) is 6.03. The Labute approximate surface area is 131 Å². The molecule has 1 aromatic carbocycles. The van der Waals surface area contributed by atoms with Crippen LogP contribution < -0.4 is 11.2 Å². The van der Waals surface area contributed by atoms with E-state index < -0.39 is 51.2 Å². The molecular weight excluding hydrogens is 332 g/mol. The summed E-state index contributed by atoms with van der Waals surface area (Å²) in [6.45, 7) is 0. The molecule has 0 heterocycles. The highest BCUT2D eigenvalue weighted by atomic mass is 32.2. The van der Waals surface area contributed by atoms with Crippen molar-refractivity contribution in [2.45, 2.75) is 21.6 Å². The quantitative estimate of drug-likeness (QED) is 0.278. The molecule has 4 atom stereocenters. The van der Waals surface area contributed by atoms with Crippen LogP contribution in [0.5, 0.6) is 0 Å². The number of primary amides is 1. The summed E-state index contributed by atoms with van der Waals surface area (Å²) in [4.78, 5) is 23.2. The van der Waals surface area contributed by atoms with Crippen molar-refractivity contribution in [2.75, 3.05) is 6.26 Å². The summed E-state index contributed by atoms with van der Waals surface area (Å²) in [6.07, 6.45) is 0.988. The largest absolute Gasteiger partial charge is 0.379 e. The second-order valence-corrected chi connectivity index (χ2v) is 7.33. The normalized spacial score (nSPS) is 16.3. The fraction of sp³-hybridized carbons (Fsp3) is 0.333. The molecule has 1 aromatic rings. The number of carbonyl (C=O) groups is 2. The zero-order chi connectivity index (χ0) is 16.9. The van der Waals surface area contributed by atoms with Crippen molar-refractivity contribution in [3.63, 3.8) is 0 Å². The molecule has 0 saturated carbocycles. The summed E-state index contributed by atoms with van der Waals surface area (Å²) >= 11 is 0. The van der Waals surface area contributed by atoms with Crippen molar-refractivity contribution in [1.82, 2.24) is 5.48 Å². The van der Waals surface area contributed by atoms with Crippen molar-refractivity contribution in [3.8, 4) is 0 Å². The standard InChI is InChI=1S/C12H16N2O6S2/c1-21(19)7-2-4-8(5-3-7)22(20)10(15)6-9(11(13)16)12(17)14-18/h2-5,9-10,15,18H,6H2,1H3,(H2,13,16)(H,14,17). The van der Waals surface area contributed by atoms with E-state index in [9.17, 15) is 23.1 Å². The fourth-order valence-electron chi connectivity index (χ4n) is 1.64. The maximum Gasteiger partial charge on any atom is 0.256 e. The van der Waals surface area contributed by atoms with E-state index in [0.717, 1.165) is 0 Å². The molecule has 1 rings (SSSR count). The van der Waals surface area contributed by atoms with E-state index in [1.165, 1.54) is 36.0 Å². The molecular formula is C12H16N2O6S2. The van der Waals surface area contributed by atoms with Crippen LogP contribution in [0.15, 0.2) is 34.1 Å². The van der Waals surface area contributed by atoms with Crippen LogP contribution in [-0.4, -0.2) is 42.2 Å². The monoisotopic (exact) mass is 348 g/mol. The minimum absolute atomic E-state index is 0.245. The second kappa shape index (κ2) is 8.13. The highest BCUT2D eigenvalue weighted by molar-refractivity contribution is 7.85. The summed E-state index contributed by atoms with van der Waals surface area (Å²) in [6, 6.07) is 5.87. The van der Waals surface area contributed by atoms with Gasteiger partial charge in [-0.1, -0.05) is 0 Å². The van der Waals surface area contributed by atoms with Gasteiger partial charge in [0.05, 0.1) is 10.8 Å². The molecule has 2 amide bonds. The van der Waals surface area contributed by atoms with Crippen LogP contribution >= 0.6 is 0 Å². The number of aliphatic hydroxyl groups is 1. The van der Waals surface area contributed by atoms with Gasteiger partial charge in [-0.2, -0.15) is 0 Å². The fourth-order valence-corrected chi connectivity index (χ4v) is 3.25. The van der Waals surface area contributed by atoms with E-state index in [4.69, 9.17) is 10.9 Å². The molecule has 0 aliphatic rings. The van der Waals surface area contributed by atoms with Crippen LogP contribution in [0, 0.1) is 5.92 Å². The topological polar surface area (TPSA) is 147 Å². The molecule has 0 fully saturated rings. The van der Waals surface area contributed by atoms with E-state index in [1.807, 2.05) is 0 Å². The number of hydroxylamine groups is 1. The average Bonchev–Trinajstić information content (AvgIpc) is 2.50. The Morgan fingerprint density at radius 2 is 1.73 bits per heavy atom. The van der Waals surface area contributed by atoms with Crippen LogP contribution in [0.1, 0.15) is 6.42 Å². The van der Waals surface area contributed by atoms with Gasteiger partial charge in [0, 0.05) is 33.3 Å². The van der Waals surface area contributed by atoms with Gasteiger partial charge in [0.2, 0.25) is 5.91 Å². The number of nitrogens with one attached hydrogen (secondary N) is 1. The number of nitrogens with two attached hydrogens (primary N) is 1. The molecule has 22 heavy (non-hydrogen) atoms. The number of hydrogen-bond donors (Lipinski definition) is 4. The lowest BCUT2D eigenvalue weighted by Crippen LogP contribution is -2.40. The molecule has 0 aliphatic carbocycles. The van der Waals surface area contributed by atoms with Crippen molar-refractivity contribution < 1.29 is 28.3 Å². The van der Waals surface area contributed by atoms with Gasteiger partial charge in [0.1, 0.15) is 11.4 Å². The van der Waals surface area contributed by atoms with Crippen LogP contribution in [0.2, 0.25) is 0 Å². The Morgan fingerprint density at radius 1 is 1.23 bits per heavy atom. The van der Waals surface area contributed by atoms with E-state index in [-0.39, 0.29) is 4.90 Å². The third kappa shape index (κ3) is 4.70. The van der Waals surface area contributed by atoms with Gasteiger partial charge < -0.3 is 10.8 Å². The van der Waals surface area contributed by atoms with E-state index >= 15 is 0 Å². The number of hydrogen-bond acceptors (Lipinski definition) is 6. The molecule has 5 N–H and O–H groups in total. The molecule has 0 aromatic heterocycles. The van der Waals surface area contributed by atoms with Gasteiger partial charge in [-0.15, -0.1) is 0 Å². The van der Waals surface area contributed by atoms with Crippen LogP contribution in [0.25, 0.3) is 0 Å². The van der Waals surface area contributed by atoms with E-state index in [0.29, 0.717) is 4.90 Å². The number of carbonyl (C=O) groups excluding carboxylic acids is 2. The molecule has 0 aliphatic heterocycles. The predicted molar refractivity (Wildman–Crippen MR) is 78.4 cm³/mol. The molecule has 0 saturated heterocycles. The summed E-state index contributed by atoms with van der Waals surface area (Å²) in [5.74, 6) is -3.65. The van der Waals surface area contributed by atoms with Gasteiger partial charge in [0.15, 0.2) is 0 Å². The van der Waals surface area contributed by atoms with E-state index in [2.05, 4.69) is 0 Å². The molecule has 8 nitrogen and oxygen atoms in total. The zero-order valence-electron chi connectivity index (χ0n) is 11.6. The molecule has 4 unspecified atom stereocenters. The summed E-state index contributed by atoms with van der Waals surface area (Å²) < 4.78 is 23.4. The maximum absolute atomic E-state index is 12.1. The molecule has 0 radical (unpaired) electrons. The van der Waals surface area contributed by atoms with Crippen molar-refractivity contribution in [1.29, 1.82) is 0 Å². The van der Waals surface area contributed by atoms with E-state index in [1.54, 1.807) is 0 Å². The lowest BCUT2D eigenvalue weighted by molar-refractivity contribution is -0.140. The first kappa shape index (κ1) is 18.4. The minimum Gasteiger partial charge on any atom is -0.379 e. The van der Waals surface area contributed by atoms with Crippen LogP contribution in [-0.2, 0) is 31.2 Å². The second-order valence-electron chi connectivity index (χ2n) is 4.34. The van der Waals surface area contributed by atoms with Crippen LogP contribution in [0.3, 0.4) is 0 Å². The lowest BCUT2D eigenvalue weighted by atomic mass is 10.1. The summed E-state index contributed by atoms with van der Waals surface area (Å²) in [5.41, 5.74) is 4.73. The minimum atomic E-state index is -1.92. The molecule has 0 bridgehead atoms. The Hall–Kier alpha value is -1.62. The van der Waals surface area contributed by atoms with Gasteiger partial charge >= 0.3 is 0 Å². The van der Waals surface area contributed by atoms with Gasteiger partial charge in [-0.25, -0.2) is 5.48 Å². The highest BCUT2D eigenvalue weighted by Gasteiger charge is 2.30. The van der Waals surface area contributed by atoms with Crippen molar-refractivity contribution in [2.24, 2.45) is 11.7 Å². The number of aliphatic hydroxyl groups excluding tert-OH is 1. The molecule has 0 spiro atoms. The third-order valence-electron chi connectivity index (χ3n) is 2.84. The zero-order valence-corrected chi connectivity index (χ0v) is 13.2. The Bertz CT molecular complexity index is 604. The predicted octanol–water partition coefficient (Wildman–Crippen LogP) is -1.15. The van der Waals surface area contributed by atoms with Crippen molar-refractivity contribution >= 4 is 33.4 Å². The highest BCUT2D eigenvalue weighted by Crippen LogP contribution is 2.18. The number of benzene rings is 1. The van der Waals surface area contributed by atoms with Gasteiger partial charge in [0.25, 0.3) is 5.91 Å². The molecule has 10 heteroatoms.